The van der Waals surface area contributed by atoms with E-state index in [4.69, 9.17) is 0 Å². The van der Waals surface area contributed by atoms with Crippen LogP contribution in [0.1, 0.15) is 50.8 Å². The third-order valence-electron chi connectivity index (χ3n) is 9.12. The van der Waals surface area contributed by atoms with Gasteiger partial charge in [-0.25, -0.2) is 8.78 Å². The zero-order valence-corrected chi connectivity index (χ0v) is 23.3. The normalized spacial score (nSPS) is 25.1. The van der Waals surface area contributed by atoms with Crippen LogP contribution < -0.4 is 10.6 Å². The lowest BCUT2D eigenvalue weighted by atomic mass is 9.85. The fourth-order valence-electron chi connectivity index (χ4n) is 6.57. The average molecular weight is 567 g/mol. The summed E-state index contributed by atoms with van der Waals surface area (Å²) < 4.78 is 27.5. The van der Waals surface area contributed by atoms with Gasteiger partial charge in [-0.05, 0) is 47.8 Å². The molecule has 2 aliphatic carbocycles. The minimum absolute atomic E-state index is 0.0562. The van der Waals surface area contributed by atoms with E-state index in [1.165, 1.54) is 4.90 Å². The van der Waals surface area contributed by atoms with Crippen molar-refractivity contribution in [3.05, 3.63) is 66.0 Å². The summed E-state index contributed by atoms with van der Waals surface area (Å²) in [4.78, 5) is 59.3. The van der Waals surface area contributed by atoms with Crippen molar-refractivity contribution in [1.29, 1.82) is 0 Å². The highest BCUT2D eigenvalue weighted by atomic mass is 19.3. The van der Waals surface area contributed by atoms with Gasteiger partial charge in [0.15, 0.2) is 0 Å². The fraction of sp³-hybridized carbons (Fsp3) is 0.516. The van der Waals surface area contributed by atoms with Crippen LogP contribution in [-0.2, 0) is 32.1 Å². The highest BCUT2D eigenvalue weighted by Gasteiger charge is 2.69. The van der Waals surface area contributed by atoms with E-state index in [2.05, 4.69) is 15.6 Å². The SMILES string of the molecule is CC1(C)[C@@H]2[C@@H](C(=O)N[C@H](Cc3ccccc3)C(=O)C(=O)NCc3ccccn3)N(C(=O)C3CCC(F)(F)CC3)C[C@@H]21. The molecule has 0 spiro atoms. The molecule has 1 saturated heterocycles. The molecule has 3 amide bonds. The van der Waals surface area contributed by atoms with E-state index in [1.54, 1.807) is 24.4 Å². The van der Waals surface area contributed by atoms with Crippen molar-refractivity contribution < 1.29 is 28.0 Å². The van der Waals surface area contributed by atoms with Crippen LogP contribution in [0.2, 0.25) is 0 Å². The van der Waals surface area contributed by atoms with Gasteiger partial charge in [0, 0.05) is 37.9 Å². The lowest BCUT2D eigenvalue weighted by Crippen LogP contribution is -2.56. The van der Waals surface area contributed by atoms with Crippen molar-refractivity contribution in [1.82, 2.24) is 20.5 Å². The number of nitrogens with zero attached hydrogens (tertiary/aromatic N) is 2. The number of Topliss-reactive ketones (excluding diaryl/α,β-unsaturated/α-hetero) is 1. The number of likely N-dealkylation sites (tertiary alicyclic amines) is 1. The Bertz CT molecular complexity index is 1290. The Hall–Kier alpha value is -3.69. The van der Waals surface area contributed by atoms with Crippen molar-refractivity contribution >= 4 is 23.5 Å². The van der Waals surface area contributed by atoms with Crippen LogP contribution in [0.5, 0.6) is 0 Å². The van der Waals surface area contributed by atoms with Crippen LogP contribution in [0.4, 0.5) is 8.78 Å². The van der Waals surface area contributed by atoms with Crippen LogP contribution >= 0.6 is 0 Å². The number of hydrogen-bond donors (Lipinski definition) is 2. The first kappa shape index (κ1) is 28.8. The first-order chi connectivity index (χ1) is 19.5. The third-order valence-corrected chi connectivity index (χ3v) is 9.12. The lowest BCUT2D eigenvalue weighted by Gasteiger charge is -2.35. The van der Waals surface area contributed by atoms with Crippen molar-refractivity contribution in [2.75, 3.05) is 6.54 Å². The largest absolute Gasteiger partial charge is 0.344 e. The van der Waals surface area contributed by atoms with Crippen molar-refractivity contribution in [3.8, 4) is 0 Å². The summed E-state index contributed by atoms with van der Waals surface area (Å²) in [5, 5.41) is 5.39. The number of ketones is 1. The molecule has 0 bridgehead atoms. The summed E-state index contributed by atoms with van der Waals surface area (Å²) >= 11 is 0. The molecule has 0 radical (unpaired) electrons. The average Bonchev–Trinajstić information content (AvgIpc) is 3.28. The van der Waals surface area contributed by atoms with Crippen molar-refractivity contribution in [2.24, 2.45) is 23.2 Å². The highest BCUT2D eigenvalue weighted by molar-refractivity contribution is 6.38. The topological polar surface area (TPSA) is 108 Å². The molecule has 3 fully saturated rings. The van der Waals surface area contributed by atoms with Crippen LogP contribution in [0.3, 0.4) is 0 Å². The number of aromatic nitrogens is 1. The highest BCUT2D eigenvalue weighted by Crippen LogP contribution is 2.65. The second-order valence-corrected chi connectivity index (χ2v) is 12.1. The molecular formula is C31H36F2N4O4. The Morgan fingerprint density at radius 3 is 2.37 bits per heavy atom. The molecule has 5 rings (SSSR count). The number of amides is 3. The summed E-state index contributed by atoms with van der Waals surface area (Å²) in [6, 6.07) is 12.3. The molecule has 8 nitrogen and oxygen atoms in total. The van der Waals surface area contributed by atoms with Gasteiger partial charge in [-0.15, -0.1) is 0 Å². The molecule has 218 valence electrons. The Kier molecular flexibility index (Phi) is 7.94. The molecule has 4 atom stereocenters. The summed E-state index contributed by atoms with van der Waals surface area (Å²) in [5.41, 5.74) is 1.17. The molecule has 2 aromatic rings. The number of halogens is 2. The maximum Gasteiger partial charge on any atom is 0.289 e. The van der Waals surface area contributed by atoms with Crippen LogP contribution in [0.25, 0.3) is 0 Å². The van der Waals surface area contributed by atoms with Gasteiger partial charge in [-0.2, -0.15) is 0 Å². The van der Waals surface area contributed by atoms with Crippen molar-refractivity contribution in [2.45, 2.75) is 70.5 Å². The number of rotatable bonds is 9. The van der Waals surface area contributed by atoms with Crippen LogP contribution in [-0.4, -0.2) is 57.9 Å². The second kappa shape index (κ2) is 11.3. The number of pyridine rings is 1. The standard InChI is InChI=1S/C31H36F2N4O4/c1-30(2)22-18-37(29(41)20-11-13-31(32,33)14-12-20)25(24(22)30)27(39)36-23(16-19-8-4-3-5-9-19)26(38)28(40)35-17-21-10-6-7-15-34-21/h3-10,15,20,22-25H,11-14,16-18H2,1-2H3,(H,35,40)(H,36,39)/t22-,23+,24-,25-/m0/s1. The molecule has 2 N–H and O–H groups in total. The van der Waals surface area contributed by atoms with Gasteiger partial charge in [0.05, 0.1) is 12.2 Å². The maximum absolute atomic E-state index is 13.9. The molecule has 3 aliphatic rings. The van der Waals surface area contributed by atoms with E-state index >= 15 is 0 Å². The van der Waals surface area contributed by atoms with E-state index in [0.717, 1.165) is 5.56 Å². The minimum Gasteiger partial charge on any atom is -0.344 e. The number of carbonyl (C=O) groups excluding carboxylic acids is 4. The molecule has 1 aromatic heterocycles. The van der Waals surface area contributed by atoms with Gasteiger partial charge in [-0.1, -0.05) is 50.2 Å². The molecule has 1 aliphatic heterocycles. The maximum atomic E-state index is 13.9. The number of carbonyl (C=O) groups is 4. The lowest BCUT2D eigenvalue weighted by molar-refractivity contribution is -0.147. The third kappa shape index (κ3) is 6.16. The fourth-order valence-corrected chi connectivity index (χ4v) is 6.57. The molecule has 2 heterocycles. The summed E-state index contributed by atoms with van der Waals surface area (Å²) in [5.74, 6) is -5.72. The molecule has 0 unspecified atom stereocenters. The van der Waals surface area contributed by atoms with E-state index in [1.807, 2.05) is 44.2 Å². The molecular weight excluding hydrogens is 530 g/mol. The monoisotopic (exact) mass is 566 g/mol. The molecule has 10 heteroatoms. The van der Waals surface area contributed by atoms with E-state index in [-0.39, 0.29) is 61.8 Å². The van der Waals surface area contributed by atoms with E-state index < -0.39 is 41.5 Å². The second-order valence-electron chi connectivity index (χ2n) is 12.1. The van der Waals surface area contributed by atoms with E-state index in [9.17, 15) is 28.0 Å². The molecule has 1 aromatic carbocycles. The van der Waals surface area contributed by atoms with Gasteiger partial charge in [0.2, 0.25) is 23.5 Å². The first-order valence-corrected chi connectivity index (χ1v) is 14.2. The van der Waals surface area contributed by atoms with Gasteiger partial charge in [-0.3, -0.25) is 24.2 Å². The summed E-state index contributed by atoms with van der Waals surface area (Å²) in [6.07, 6.45) is 1.17. The predicted molar refractivity (Wildman–Crippen MR) is 146 cm³/mol. The van der Waals surface area contributed by atoms with Gasteiger partial charge in [0.25, 0.3) is 5.91 Å². The van der Waals surface area contributed by atoms with Crippen molar-refractivity contribution in [3.63, 3.8) is 0 Å². The summed E-state index contributed by atoms with van der Waals surface area (Å²) in [7, 11) is 0. The number of piperidine rings is 1. The Balaban J connectivity index is 1.32. The first-order valence-electron chi connectivity index (χ1n) is 14.2. The molecule has 2 saturated carbocycles. The number of benzene rings is 1. The number of nitrogens with one attached hydrogen (secondary N) is 2. The van der Waals surface area contributed by atoms with Gasteiger partial charge in [0.1, 0.15) is 12.1 Å². The zero-order valence-electron chi connectivity index (χ0n) is 23.3. The predicted octanol–water partition coefficient (Wildman–Crippen LogP) is 3.30. The zero-order chi connectivity index (χ0) is 29.4. The molecule has 41 heavy (non-hydrogen) atoms. The number of hydrogen-bond acceptors (Lipinski definition) is 5. The van der Waals surface area contributed by atoms with Crippen LogP contribution in [0.15, 0.2) is 54.7 Å². The van der Waals surface area contributed by atoms with Gasteiger partial charge >= 0.3 is 0 Å². The Labute approximate surface area is 238 Å². The Morgan fingerprint density at radius 2 is 1.71 bits per heavy atom. The smallest absolute Gasteiger partial charge is 0.289 e. The van der Waals surface area contributed by atoms with Crippen LogP contribution in [0, 0.1) is 23.2 Å². The summed E-state index contributed by atoms with van der Waals surface area (Å²) in [6.45, 7) is 4.52. The van der Waals surface area contributed by atoms with Gasteiger partial charge < -0.3 is 15.5 Å². The Morgan fingerprint density at radius 1 is 1.02 bits per heavy atom. The van der Waals surface area contributed by atoms with E-state index in [0.29, 0.717) is 12.2 Å². The quantitative estimate of drug-likeness (QED) is 0.453. The number of alkyl halides is 2. The number of fused-ring (bicyclic) bond motifs is 1. The minimum atomic E-state index is -2.76.